The van der Waals surface area contributed by atoms with E-state index in [1.54, 1.807) is 11.8 Å². The van der Waals surface area contributed by atoms with E-state index < -0.39 is 0 Å². The average molecular weight is 376 g/mol. The van der Waals surface area contributed by atoms with Crippen molar-refractivity contribution in [1.82, 2.24) is 14.5 Å². The van der Waals surface area contributed by atoms with E-state index in [0.717, 1.165) is 29.2 Å². The Hall–Kier alpha value is -1.53. The number of aryl methyl sites for hydroxylation is 1. The number of fused-ring (bicyclic) bond motifs is 1. The van der Waals surface area contributed by atoms with Crippen LogP contribution in [0.2, 0.25) is 0 Å². The lowest BCUT2D eigenvalue weighted by Crippen LogP contribution is -2.48. The van der Waals surface area contributed by atoms with E-state index in [9.17, 15) is 4.79 Å². The number of rotatable bonds is 7. The summed E-state index contributed by atoms with van der Waals surface area (Å²) in [5.41, 5.74) is 2.17. The van der Waals surface area contributed by atoms with Gasteiger partial charge >= 0.3 is 0 Å². The normalized spacial score (nSPS) is 20.7. The van der Waals surface area contributed by atoms with Gasteiger partial charge in [0.2, 0.25) is 5.91 Å². The van der Waals surface area contributed by atoms with Gasteiger partial charge in [-0.25, -0.2) is 4.98 Å². The average Bonchev–Trinajstić information content (AvgIpc) is 2.97. The number of hydrogen-bond acceptors (Lipinski definition) is 4. The Balaban J connectivity index is 1.69. The molecule has 6 heteroatoms. The van der Waals surface area contributed by atoms with Crippen LogP contribution in [0.5, 0.6) is 0 Å². The first-order valence-corrected chi connectivity index (χ1v) is 10.6. The molecule has 2 heterocycles. The summed E-state index contributed by atoms with van der Waals surface area (Å²) >= 11 is 1.55. The van der Waals surface area contributed by atoms with E-state index in [2.05, 4.69) is 23.6 Å². The van der Waals surface area contributed by atoms with Crippen molar-refractivity contribution in [3.63, 3.8) is 0 Å². The lowest BCUT2D eigenvalue weighted by molar-refractivity contribution is -0.140. The zero-order valence-corrected chi connectivity index (χ0v) is 16.8. The molecule has 2 aromatic rings. The minimum absolute atomic E-state index is 0.103. The number of morpholine rings is 1. The molecule has 2 atom stereocenters. The van der Waals surface area contributed by atoms with E-state index in [4.69, 9.17) is 9.72 Å². The number of unbranched alkanes of at least 4 members (excludes halogenated alkanes) is 2. The number of carbonyl (C=O) groups excluding carboxylic acids is 1. The standard InChI is InChI=1S/C20H29N3O2S/c1-4-5-8-11-23-18-10-7-6-9-17(18)21-20(23)26-14-19(24)22-12-15(2)25-16(3)13-22/h6-7,9-10,15-16H,4-5,8,11-14H2,1-3H3/t15-,16-/m0/s1. The van der Waals surface area contributed by atoms with Crippen LogP contribution in [0.4, 0.5) is 0 Å². The highest BCUT2D eigenvalue weighted by molar-refractivity contribution is 7.99. The Morgan fingerprint density at radius 2 is 1.96 bits per heavy atom. The monoisotopic (exact) mass is 375 g/mol. The van der Waals surface area contributed by atoms with Gasteiger partial charge in [0.15, 0.2) is 5.16 Å². The van der Waals surface area contributed by atoms with Crippen molar-refractivity contribution in [1.29, 1.82) is 0 Å². The highest BCUT2D eigenvalue weighted by Crippen LogP contribution is 2.25. The van der Waals surface area contributed by atoms with E-state index in [-0.39, 0.29) is 18.1 Å². The van der Waals surface area contributed by atoms with Gasteiger partial charge in [-0.15, -0.1) is 0 Å². The van der Waals surface area contributed by atoms with E-state index in [1.807, 2.05) is 30.9 Å². The van der Waals surface area contributed by atoms with E-state index in [0.29, 0.717) is 18.8 Å². The number of thioether (sulfide) groups is 1. The van der Waals surface area contributed by atoms with Crippen molar-refractivity contribution in [2.24, 2.45) is 0 Å². The third-order valence-corrected chi connectivity index (χ3v) is 5.66. The van der Waals surface area contributed by atoms with Crippen molar-refractivity contribution in [2.45, 2.75) is 63.9 Å². The van der Waals surface area contributed by atoms with E-state index >= 15 is 0 Å². The van der Waals surface area contributed by atoms with Crippen LogP contribution in [-0.4, -0.2) is 51.4 Å². The van der Waals surface area contributed by atoms with Gasteiger partial charge < -0.3 is 14.2 Å². The molecule has 0 radical (unpaired) electrons. The molecule has 0 N–H and O–H groups in total. The Morgan fingerprint density at radius 1 is 1.23 bits per heavy atom. The molecular weight excluding hydrogens is 346 g/mol. The number of nitrogens with zero attached hydrogens (tertiary/aromatic N) is 3. The minimum Gasteiger partial charge on any atom is -0.372 e. The fourth-order valence-electron chi connectivity index (χ4n) is 3.50. The Bertz CT molecular complexity index is 736. The zero-order chi connectivity index (χ0) is 18.5. The molecule has 0 spiro atoms. The lowest BCUT2D eigenvalue weighted by Gasteiger charge is -2.35. The number of aromatic nitrogens is 2. The molecule has 1 aliphatic rings. The third kappa shape index (κ3) is 4.60. The number of amides is 1. The highest BCUT2D eigenvalue weighted by atomic mass is 32.2. The molecule has 5 nitrogen and oxygen atoms in total. The predicted molar refractivity (Wildman–Crippen MR) is 107 cm³/mol. The van der Waals surface area contributed by atoms with Gasteiger partial charge in [0, 0.05) is 19.6 Å². The molecule has 1 saturated heterocycles. The molecule has 0 bridgehead atoms. The SMILES string of the molecule is CCCCCn1c(SCC(=O)N2C[C@H](C)O[C@@H](C)C2)nc2ccccc21. The van der Waals surface area contributed by atoms with Crippen LogP contribution in [0.3, 0.4) is 0 Å². The number of benzene rings is 1. The second kappa shape index (κ2) is 8.91. The quantitative estimate of drug-likeness (QED) is 0.543. The lowest BCUT2D eigenvalue weighted by atomic mass is 10.2. The van der Waals surface area contributed by atoms with Gasteiger partial charge in [-0.05, 0) is 32.4 Å². The Morgan fingerprint density at radius 3 is 2.69 bits per heavy atom. The van der Waals surface area contributed by atoms with Gasteiger partial charge in [-0.1, -0.05) is 43.7 Å². The number of para-hydroxylation sites is 2. The summed E-state index contributed by atoms with van der Waals surface area (Å²) in [5.74, 6) is 0.598. The van der Waals surface area contributed by atoms with Crippen LogP contribution in [0.1, 0.15) is 40.0 Å². The highest BCUT2D eigenvalue weighted by Gasteiger charge is 2.26. The van der Waals surface area contributed by atoms with E-state index in [1.165, 1.54) is 12.8 Å². The van der Waals surface area contributed by atoms with Crippen molar-refractivity contribution in [3.05, 3.63) is 24.3 Å². The van der Waals surface area contributed by atoms with Crippen molar-refractivity contribution in [3.8, 4) is 0 Å². The van der Waals surface area contributed by atoms with Crippen molar-refractivity contribution in [2.75, 3.05) is 18.8 Å². The zero-order valence-electron chi connectivity index (χ0n) is 16.0. The maximum absolute atomic E-state index is 12.7. The molecule has 0 saturated carbocycles. The maximum atomic E-state index is 12.7. The first-order valence-electron chi connectivity index (χ1n) is 9.59. The van der Waals surface area contributed by atoms with Crippen molar-refractivity contribution >= 4 is 28.7 Å². The summed E-state index contributed by atoms with van der Waals surface area (Å²) in [7, 11) is 0. The van der Waals surface area contributed by atoms with Crippen LogP contribution in [0.25, 0.3) is 11.0 Å². The second-order valence-corrected chi connectivity index (χ2v) is 8.03. The summed E-state index contributed by atoms with van der Waals surface area (Å²) in [5, 5.41) is 0.949. The van der Waals surface area contributed by atoms with Gasteiger partial charge in [0.1, 0.15) is 0 Å². The second-order valence-electron chi connectivity index (χ2n) is 7.09. The van der Waals surface area contributed by atoms with Crippen LogP contribution in [-0.2, 0) is 16.1 Å². The Labute approximate surface area is 160 Å². The van der Waals surface area contributed by atoms with Crippen LogP contribution >= 0.6 is 11.8 Å². The molecule has 0 aliphatic carbocycles. The van der Waals surface area contributed by atoms with Crippen molar-refractivity contribution < 1.29 is 9.53 Å². The van der Waals surface area contributed by atoms with Crippen LogP contribution < -0.4 is 0 Å². The molecule has 1 aromatic carbocycles. The first-order chi connectivity index (χ1) is 12.6. The maximum Gasteiger partial charge on any atom is 0.233 e. The molecule has 1 fully saturated rings. The minimum atomic E-state index is 0.103. The number of ether oxygens (including phenoxy) is 1. The summed E-state index contributed by atoms with van der Waals surface area (Å²) in [6.07, 6.45) is 3.74. The fourth-order valence-corrected chi connectivity index (χ4v) is 4.44. The van der Waals surface area contributed by atoms with Gasteiger partial charge in [-0.3, -0.25) is 4.79 Å². The Kier molecular flexibility index (Phi) is 6.59. The summed E-state index contributed by atoms with van der Waals surface area (Å²) < 4.78 is 8.00. The molecule has 1 aliphatic heterocycles. The van der Waals surface area contributed by atoms with Crippen LogP contribution in [0.15, 0.2) is 29.4 Å². The summed E-state index contributed by atoms with van der Waals surface area (Å²) in [6.45, 7) is 8.57. The molecular formula is C20H29N3O2S. The number of imidazole rings is 1. The topological polar surface area (TPSA) is 47.4 Å². The molecule has 0 unspecified atom stereocenters. The summed E-state index contributed by atoms with van der Waals surface area (Å²) in [6, 6.07) is 8.23. The molecule has 1 amide bonds. The molecule has 26 heavy (non-hydrogen) atoms. The number of hydrogen-bond donors (Lipinski definition) is 0. The third-order valence-electron chi connectivity index (χ3n) is 4.70. The number of carbonyl (C=O) groups is 1. The summed E-state index contributed by atoms with van der Waals surface area (Å²) in [4.78, 5) is 19.4. The fraction of sp³-hybridized carbons (Fsp3) is 0.600. The van der Waals surface area contributed by atoms with Crippen LogP contribution in [0, 0.1) is 0 Å². The van der Waals surface area contributed by atoms with Gasteiger partial charge in [0.05, 0.1) is 29.0 Å². The smallest absolute Gasteiger partial charge is 0.233 e. The predicted octanol–water partition coefficient (Wildman–Crippen LogP) is 3.95. The largest absolute Gasteiger partial charge is 0.372 e. The van der Waals surface area contributed by atoms with Gasteiger partial charge in [-0.2, -0.15) is 0 Å². The molecule has 3 rings (SSSR count). The van der Waals surface area contributed by atoms with Gasteiger partial charge in [0.25, 0.3) is 0 Å². The molecule has 1 aromatic heterocycles. The first kappa shape index (κ1) is 19.2. The molecule has 142 valence electrons.